The number of hydrogen-bond donors (Lipinski definition) is 1. The summed E-state index contributed by atoms with van der Waals surface area (Å²) in [4.78, 5) is 52.5. The number of nitrogens with one attached hydrogen (secondary N) is 1. The van der Waals surface area contributed by atoms with Gasteiger partial charge in [-0.2, -0.15) is 0 Å². The molecule has 9 nitrogen and oxygen atoms in total. The van der Waals surface area contributed by atoms with Crippen LogP contribution in [0.4, 0.5) is 4.79 Å². The van der Waals surface area contributed by atoms with Gasteiger partial charge in [0.25, 0.3) is 5.56 Å². The van der Waals surface area contributed by atoms with E-state index in [9.17, 15) is 14.4 Å². The summed E-state index contributed by atoms with van der Waals surface area (Å²) in [6.45, 7) is 1.97. The summed E-state index contributed by atoms with van der Waals surface area (Å²) in [6.07, 6.45) is 6.10. The van der Waals surface area contributed by atoms with Gasteiger partial charge in [0.1, 0.15) is 19.0 Å². The summed E-state index contributed by atoms with van der Waals surface area (Å²) in [5.74, 6) is 0.426. The van der Waals surface area contributed by atoms with E-state index in [1.807, 2.05) is 17.0 Å². The second kappa shape index (κ2) is 7.23. The van der Waals surface area contributed by atoms with E-state index in [0.29, 0.717) is 38.5 Å². The van der Waals surface area contributed by atoms with E-state index in [2.05, 4.69) is 9.97 Å². The van der Waals surface area contributed by atoms with Crippen LogP contribution in [0.3, 0.4) is 0 Å². The number of hydrogen-bond acceptors (Lipinski definition) is 6. The SMILES string of the molecule is O=C(CN1CCOC1=O)N1CCCC2(CCc3c2nc(-c2cccnc2)[nH]c3=O)C1. The van der Waals surface area contributed by atoms with Gasteiger partial charge in [0, 0.05) is 42.0 Å². The Hall–Kier alpha value is -3.23. The molecule has 2 aliphatic heterocycles. The summed E-state index contributed by atoms with van der Waals surface area (Å²) in [5.41, 5.74) is 1.86. The van der Waals surface area contributed by atoms with Gasteiger partial charge in [0.05, 0.1) is 12.2 Å². The molecule has 4 heterocycles. The van der Waals surface area contributed by atoms with Crippen LogP contribution >= 0.6 is 0 Å². The number of piperidine rings is 1. The molecule has 2 fully saturated rings. The lowest BCUT2D eigenvalue weighted by Crippen LogP contribution is -2.50. The molecule has 0 bridgehead atoms. The number of ether oxygens (including phenoxy) is 1. The number of amides is 2. The van der Waals surface area contributed by atoms with E-state index in [1.165, 1.54) is 4.90 Å². The zero-order chi connectivity index (χ0) is 20.7. The fraction of sp³-hybridized carbons (Fsp3) is 0.476. The standard InChI is InChI=1S/C21H23N5O4/c27-16(12-25-9-10-30-20(25)29)26-8-2-5-21(13-26)6-4-15-17(21)23-18(24-19(15)28)14-3-1-7-22-11-14/h1,3,7,11H,2,4-6,8-10,12-13H2,(H,23,24,28). The summed E-state index contributed by atoms with van der Waals surface area (Å²) in [5, 5.41) is 0. The first-order valence-corrected chi connectivity index (χ1v) is 10.3. The molecule has 2 saturated heterocycles. The van der Waals surface area contributed by atoms with E-state index in [-0.39, 0.29) is 23.4 Å². The molecule has 2 aromatic heterocycles. The summed E-state index contributed by atoms with van der Waals surface area (Å²) >= 11 is 0. The molecule has 0 radical (unpaired) electrons. The first-order valence-electron chi connectivity index (χ1n) is 10.3. The molecule has 2 aromatic rings. The Bertz CT molecular complexity index is 1050. The quantitative estimate of drug-likeness (QED) is 0.813. The molecule has 1 spiro atoms. The van der Waals surface area contributed by atoms with Crippen LogP contribution in [0, 0.1) is 0 Å². The molecule has 5 rings (SSSR count). The number of aromatic nitrogens is 3. The van der Waals surface area contributed by atoms with Crippen LogP contribution in [0.1, 0.15) is 30.5 Å². The number of nitrogens with zero attached hydrogens (tertiary/aromatic N) is 4. The molecule has 2 amide bonds. The minimum atomic E-state index is -0.435. The van der Waals surface area contributed by atoms with Gasteiger partial charge in [0.15, 0.2) is 0 Å². The van der Waals surface area contributed by atoms with Crippen molar-refractivity contribution >= 4 is 12.0 Å². The Morgan fingerprint density at radius 3 is 2.93 bits per heavy atom. The average molecular weight is 409 g/mol. The third kappa shape index (κ3) is 3.14. The van der Waals surface area contributed by atoms with Crippen LogP contribution in [-0.2, 0) is 21.4 Å². The third-order valence-electron chi connectivity index (χ3n) is 6.41. The topological polar surface area (TPSA) is 108 Å². The molecular weight excluding hydrogens is 386 g/mol. The van der Waals surface area contributed by atoms with Crippen molar-refractivity contribution in [1.82, 2.24) is 24.8 Å². The van der Waals surface area contributed by atoms with Crippen molar-refractivity contribution in [2.45, 2.75) is 31.1 Å². The predicted octanol–water partition coefficient (Wildman–Crippen LogP) is 1.09. The van der Waals surface area contributed by atoms with E-state index < -0.39 is 6.09 Å². The van der Waals surface area contributed by atoms with Crippen molar-refractivity contribution in [3.8, 4) is 11.4 Å². The van der Waals surface area contributed by atoms with Crippen LogP contribution in [0.25, 0.3) is 11.4 Å². The number of rotatable bonds is 3. The third-order valence-corrected chi connectivity index (χ3v) is 6.41. The Morgan fingerprint density at radius 1 is 1.27 bits per heavy atom. The first-order chi connectivity index (χ1) is 14.6. The lowest BCUT2D eigenvalue weighted by atomic mass is 9.77. The van der Waals surface area contributed by atoms with E-state index in [4.69, 9.17) is 9.72 Å². The average Bonchev–Trinajstić information content (AvgIpc) is 3.33. The van der Waals surface area contributed by atoms with E-state index >= 15 is 0 Å². The van der Waals surface area contributed by atoms with Gasteiger partial charge < -0.3 is 14.6 Å². The molecule has 3 aliphatic rings. The van der Waals surface area contributed by atoms with Crippen molar-refractivity contribution in [3.05, 3.63) is 46.1 Å². The molecular formula is C21H23N5O4. The zero-order valence-corrected chi connectivity index (χ0v) is 16.6. The van der Waals surface area contributed by atoms with Gasteiger partial charge in [-0.3, -0.25) is 19.5 Å². The molecule has 9 heteroatoms. The van der Waals surface area contributed by atoms with Crippen LogP contribution < -0.4 is 5.56 Å². The van der Waals surface area contributed by atoms with Crippen molar-refractivity contribution in [2.75, 3.05) is 32.8 Å². The maximum atomic E-state index is 12.9. The number of likely N-dealkylation sites (tertiary alicyclic amines) is 1. The lowest BCUT2D eigenvalue weighted by Gasteiger charge is -2.40. The van der Waals surface area contributed by atoms with Crippen LogP contribution in [0.5, 0.6) is 0 Å². The van der Waals surface area contributed by atoms with Crippen molar-refractivity contribution in [3.63, 3.8) is 0 Å². The van der Waals surface area contributed by atoms with Crippen LogP contribution in [0.15, 0.2) is 29.3 Å². The smallest absolute Gasteiger partial charge is 0.410 e. The summed E-state index contributed by atoms with van der Waals surface area (Å²) < 4.78 is 4.92. The van der Waals surface area contributed by atoms with Gasteiger partial charge in [-0.15, -0.1) is 0 Å². The number of H-pyrrole nitrogens is 1. The van der Waals surface area contributed by atoms with Crippen molar-refractivity contribution < 1.29 is 14.3 Å². The second-order valence-corrected chi connectivity index (χ2v) is 8.22. The Morgan fingerprint density at radius 2 is 2.17 bits per heavy atom. The van der Waals surface area contributed by atoms with Gasteiger partial charge in [-0.05, 0) is 37.8 Å². The molecule has 1 atom stereocenters. The lowest BCUT2D eigenvalue weighted by molar-refractivity contribution is -0.134. The van der Waals surface area contributed by atoms with Crippen molar-refractivity contribution in [2.24, 2.45) is 0 Å². The highest BCUT2D eigenvalue weighted by Crippen LogP contribution is 2.43. The molecule has 1 N–H and O–H groups in total. The summed E-state index contributed by atoms with van der Waals surface area (Å²) in [7, 11) is 0. The minimum absolute atomic E-state index is 0.0332. The van der Waals surface area contributed by atoms with Crippen LogP contribution in [-0.4, -0.2) is 69.5 Å². The van der Waals surface area contributed by atoms with Gasteiger partial charge in [0.2, 0.25) is 5.91 Å². The number of fused-ring (bicyclic) bond motifs is 2. The minimum Gasteiger partial charge on any atom is -0.448 e. The maximum Gasteiger partial charge on any atom is 0.410 e. The number of carbonyl (C=O) groups is 2. The van der Waals surface area contributed by atoms with Gasteiger partial charge >= 0.3 is 6.09 Å². The first kappa shape index (κ1) is 18.8. The Labute approximate surface area is 173 Å². The summed E-state index contributed by atoms with van der Waals surface area (Å²) in [6, 6.07) is 3.67. The fourth-order valence-electron chi connectivity index (χ4n) is 4.87. The van der Waals surface area contributed by atoms with E-state index in [1.54, 1.807) is 12.4 Å². The Kier molecular flexibility index (Phi) is 4.52. The normalized spacial score (nSPS) is 23.0. The predicted molar refractivity (Wildman–Crippen MR) is 107 cm³/mol. The molecule has 1 aliphatic carbocycles. The number of carbonyl (C=O) groups excluding carboxylic acids is 2. The highest BCUT2D eigenvalue weighted by molar-refractivity contribution is 5.83. The molecule has 156 valence electrons. The van der Waals surface area contributed by atoms with Gasteiger partial charge in [-0.1, -0.05) is 0 Å². The number of aromatic amines is 1. The van der Waals surface area contributed by atoms with E-state index in [0.717, 1.165) is 36.1 Å². The zero-order valence-electron chi connectivity index (χ0n) is 16.6. The van der Waals surface area contributed by atoms with Gasteiger partial charge in [-0.25, -0.2) is 9.78 Å². The second-order valence-electron chi connectivity index (χ2n) is 8.22. The highest BCUT2D eigenvalue weighted by atomic mass is 16.6. The van der Waals surface area contributed by atoms with Crippen molar-refractivity contribution in [1.29, 1.82) is 0 Å². The number of pyridine rings is 1. The maximum absolute atomic E-state index is 12.9. The molecule has 0 aromatic carbocycles. The number of cyclic esters (lactones) is 1. The fourth-order valence-corrected chi connectivity index (χ4v) is 4.87. The largest absolute Gasteiger partial charge is 0.448 e. The molecule has 1 unspecified atom stereocenters. The molecule has 0 saturated carbocycles. The van der Waals surface area contributed by atoms with Crippen LogP contribution in [0.2, 0.25) is 0 Å². The Balaban J connectivity index is 1.43. The molecule has 30 heavy (non-hydrogen) atoms. The highest BCUT2D eigenvalue weighted by Gasteiger charge is 2.46. The monoisotopic (exact) mass is 409 g/mol.